The summed E-state index contributed by atoms with van der Waals surface area (Å²) in [5, 5.41) is 7.77. The van der Waals surface area contributed by atoms with Gasteiger partial charge in [-0.3, -0.25) is 14.2 Å². The molecule has 0 saturated heterocycles. The molecule has 7 nitrogen and oxygen atoms in total. The van der Waals surface area contributed by atoms with E-state index in [1.807, 2.05) is 4.57 Å². The minimum Gasteiger partial charge on any atom is -0.465 e. The monoisotopic (exact) mass is 435 g/mol. The van der Waals surface area contributed by atoms with E-state index in [0.29, 0.717) is 16.5 Å². The molecule has 0 amide bonds. The molecule has 1 aliphatic carbocycles. The van der Waals surface area contributed by atoms with Crippen molar-refractivity contribution in [2.75, 3.05) is 13.2 Å². The highest BCUT2D eigenvalue weighted by Crippen LogP contribution is 2.37. The largest absolute Gasteiger partial charge is 0.465 e. The second-order valence-corrected chi connectivity index (χ2v) is 8.05. The zero-order valence-corrected chi connectivity index (χ0v) is 18.0. The van der Waals surface area contributed by atoms with Crippen LogP contribution in [0.1, 0.15) is 52.0 Å². The van der Waals surface area contributed by atoms with E-state index in [1.165, 1.54) is 12.1 Å². The number of aromatic nitrogens is 3. The van der Waals surface area contributed by atoms with Crippen molar-refractivity contribution in [1.29, 1.82) is 0 Å². The van der Waals surface area contributed by atoms with Gasteiger partial charge in [-0.15, -0.1) is 10.2 Å². The van der Waals surface area contributed by atoms with Crippen molar-refractivity contribution in [3.63, 3.8) is 0 Å². The number of hydrogen-bond donors (Lipinski definition) is 0. The zero-order valence-electron chi connectivity index (χ0n) is 17.2. The Kier molecular flexibility index (Phi) is 7.84. The third-order valence-corrected chi connectivity index (χ3v) is 6.02. The number of carbonyl (C=O) groups excluding carboxylic acids is 2. The van der Waals surface area contributed by atoms with Gasteiger partial charge in [-0.2, -0.15) is 0 Å². The summed E-state index contributed by atoms with van der Waals surface area (Å²) in [6.45, 7) is 3.66. The topological polar surface area (TPSA) is 83.3 Å². The van der Waals surface area contributed by atoms with E-state index in [1.54, 1.807) is 26.0 Å². The van der Waals surface area contributed by atoms with Crippen molar-refractivity contribution in [2.45, 2.75) is 62.4 Å². The second-order valence-electron chi connectivity index (χ2n) is 6.98. The average molecular weight is 436 g/mol. The van der Waals surface area contributed by atoms with Crippen LogP contribution in [0.5, 0.6) is 0 Å². The number of hydrogen-bond acceptors (Lipinski definition) is 7. The van der Waals surface area contributed by atoms with Gasteiger partial charge in [0.15, 0.2) is 11.0 Å². The Morgan fingerprint density at radius 3 is 2.40 bits per heavy atom. The maximum Gasteiger partial charge on any atom is 0.331 e. The fraction of sp³-hybridized carbons (Fsp3) is 0.524. The maximum atomic E-state index is 13.8. The van der Waals surface area contributed by atoms with Gasteiger partial charge in [0.25, 0.3) is 0 Å². The zero-order chi connectivity index (χ0) is 21.5. The number of rotatable bonds is 8. The molecular weight excluding hydrogens is 409 g/mol. The number of halogens is 1. The summed E-state index contributed by atoms with van der Waals surface area (Å²) in [5.74, 6) is -1.19. The van der Waals surface area contributed by atoms with Gasteiger partial charge in [0, 0.05) is 11.6 Å². The highest BCUT2D eigenvalue weighted by molar-refractivity contribution is 8.01. The molecule has 0 unspecified atom stereocenters. The molecule has 1 aromatic carbocycles. The molecule has 1 aromatic heterocycles. The van der Waals surface area contributed by atoms with Crippen LogP contribution in [0.15, 0.2) is 29.4 Å². The van der Waals surface area contributed by atoms with E-state index in [9.17, 15) is 14.0 Å². The lowest BCUT2D eigenvalue weighted by Crippen LogP contribution is -2.31. The molecule has 1 fully saturated rings. The molecule has 0 aliphatic heterocycles. The normalized spacial score (nSPS) is 14.7. The third-order valence-electron chi connectivity index (χ3n) is 4.91. The standard InChI is InChI=1S/C21H26FN3O4S/c1-3-28-19(26)17(20(27)29-4-2)30-21-24-23-18(14-9-8-10-15(22)13-14)25(21)16-11-6-5-7-12-16/h8-10,13,16-17H,3-7,11-12H2,1-2H3. The maximum absolute atomic E-state index is 13.8. The number of thioether (sulfide) groups is 1. The summed E-state index contributed by atoms with van der Waals surface area (Å²) in [7, 11) is 0. The molecule has 30 heavy (non-hydrogen) atoms. The lowest BCUT2D eigenvalue weighted by atomic mass is 9.95. The van der Waals surface area contributed by atoms with Crippen molar-refractivity contribution < 1.29 is 23.5 Å². The molecule has 1 aliphatic rings. The highest BCUT2D eigenvalue weighted by Gasteiger charge is 2.34. The Balaban J connectivity index is 2.00. The van der Waals surface area contributed by atoms with Gasteiger partial charge in [-0.1, -0.05) is 43.2 Å². The van der Waals surface area contributed by atoms with E-state index in [-0.39, 0.29) is 25.1 Å². The van der Waals surface area contributed by atoms with Crippen LogP contribution in [0.4, 0.5) is 4.39 Å². The molecule has 0 radical (unpaired) electrons. The predicted molar refractivity (Wildman–Crippen MR) is 110 cm³/mol. The van der Waals surface area contributed by atoms with Gasteiger partial charge >= 0.3 is 11.9 Å². The summed E-state index contributed by atoms with van der Waals surface area (Å²) in [5.41, 5.74) is 0.601. The van der Waals surface area contributed by atoms with Gasteiger partial charge in [0.05, 0.1) is 13.2 Å². The van der Waals surface area contributed by atoms with Crippen LogP contribution in [0.3, 0.4) is 0 Å². The van der Waals surface area contributed by atoms with Crippen molar-refractivity contribution >= 4 is 23.7 Å². The number of esters is 2. The second kappa shape index (κ2) is 10.6. The smallest absolute Gasteiger partial charge is 0.331 e. The molecule has 0 spiro atoms. The molecular formula is C21H26FN3O4S. The lowest BCUT2D eigenvalue weighted by Gasteiger charge is -2.26. The number of benzene rings is 1. The number of nitrogens with zero attached hydrogens (tertiary/aromatic N) is 3. The first-order valence-electron chi connectivity index (χ1n) is 10.3. The van der Waals surface area contributed by atoms with E-state index >= 15 is 0 Å². The molecule has 162 valence electrons. The summed E-state index contributed by atoms with van der Waals surface area (Å²) in [6, 6.07) is 6.29. The first-order valence-corrected chi connectivity index (χ1v) is 11.1. The molecule has 1 heterocycles. The Bertz CT molecular complexity index is 865. The number of carbonyl (C=O) groups is 2. The van der Waals surface area contributed by atoms with E-state index in [0.717, 1.165) is 43.9 Å². The Morgan fingerprint density at radius 2 is 1.80 bits per heavy atom. The molecule has 3 rings (SSSR count). The van der Waals surface area contributed by atoms with Gasteiger partial charge in [-0.25, -0.2) is 4.39 Å². The molecule has 1 saturated carbocycles. The fourth-order valence-electron chi connectivity index (χ4n) is 3.58. The Morgan fingerprint density at radius 1 is 1.13 bits per heavy atom. The van der Waals surface area contributed by atoms with E-state index in [2.05, 4.69) is 10.2 Å². The van der Waals surface area contributed by atoms with Crippen molar-refractivity contribution in [1.82, 2.24) is 14.8 Å². The lowest BCUT2D eigenvalue weighted by molar-refractivity contribution is -0.152. The third kappa shape index (κ3) is 5.19. The summed E-state index contributed by atoms with van der Waals surface area (Å²) >= 11 is 0.971. The first kappa shape index (κ1) is 22.3. The average Bonchev–Trinajstić information content (AvgIpc) is 3.16. The van der Waals surface area contributed by atoms with Gasteiger partial charge < -0.3 is 9.47 Å². The van der Waals surface area contributed by atoms with Gasteiger partial charge in [0.1, 0.15) is 5.82 Å². The summed E-state index contributed by atoms with van der Waals surface area (Å²) in [6.07, 6.45) is 5.14. The summed E-state index contributed by atoms with van der Waals surface area (Å²) < 4.78 is 25.9. The minimum atomic E-state index is -1.20. The van der Waals surface area contributed by atoms with Crippen molar-refractivity contribution in [3.05, 3.63) is 30.1 Å². The Hall–Kier alpha value is -2.42. The van der Waals surface area contributed by atoms with E-state index in [4.69, 9.17) is 9.47 Å². The van der Waals surface area contributed by atoms with Crippen LogP contribution >= 0.6 is 11.8 Å². The Labute approximate surface area is 179 Å². The summed E-state index contributed by atoms with van der Waals surface area (Å²) in [4.78, 5) is 24.8. The molecule has 9 heteroatoms. The van der Waals surface area contributed by atoms with Crippen LogP contribution in [-0.4, -0.2) is 45.2 Å². The SMILES string of the molecule is CCOC(=O)C(Sc1nnc(-c2cccc(F)c2)n1C1CCCCC1)C(=O)OCC. The number of ether oxygens (including phenoxy) is 2. The van der Waals surface area contributed by atoms with Crippen molar-refractivity contribution in [2.24, 2.45) is 0 Å². The van der Waals surface area contributed by atoms with Gasteiger partial charge in [0.2, 0.25) is 5.25 Å². The molecule has 0 N–H and O–H groups in total. The van der Waals surface area contributed by atoms with Crippen LogP contribution in [0.25, 0.3) is 11.4 Å². The minimum absolute atomic E-state index is 0.111. The highest BCUT2D eigenvalue weighted by atomic mass is 32.2. The molecule has 0 bridgehead atoms. The van der Waals surface area contributed by atoms with Gasteiger partial charge in [-0.05, 0) is 38.8 Å². The first-order chi connectivity index (χ1) is 14.5. The molecule has 2 aromatic rings. The van der Waals surface area contributed by atoms with Crippen molar-refractivity contribution in [3.8, 4) is 11.4 Å². The predicted octanol–water partition coefficient (Wildman–Crippen LogP) is 4.18. The van der Waals surface area contributed by atoms with E-state index < -0.39 is 17.2 Å². The molecule has 0 atom stereocenters. The van der Waals surface area contributed by atoms with Crippen LogP contribution in [0.2, 0.25) is 0 Å². The van der Waals surface area contributed by atoms with Crippen LogP contribution in [0, 0.1) is 5.82 Å². The quantitative estimate of drug-likeness (QED) is 0.349. The van der Waals surface area contributed by atoms with Crippen LogP contribution in [-0.2, 0) is 19.1 Å². The fourth-order valence-corrected chi connectivity index (χ4v) is 4.56. The van der Waals surface area contributed by atoms with Crippen LogP contribution < -0.4 is 0 Å².